The third-order valence-electron chi connectivity index (χ3n) is 3.20. The number of thiocarbonyl (C=S) groups is 1. The fraction of sp³-hybridized carbons (Fsp3) is 0.846. The van der Waals surface area contributed by atoms with Gasteiger partial charge in [-0.3, -0.25) is 4.79 Å². The van der Waals surface area contributed by atoms with Gasteiger partial charge in [0.05, 0.1) is 0 Å². The molecule has 0 aliphatic carbocycles. The number of amides is 1. The Morgan fingerprint density at radius 2 is 2.28 bits per heavy atom. The lowest BCUT2D eigenvalue weighted by molar-refractivity contribution is -0.121. The van der Waals surface area contributed by atoms with Crippen molar-refractivity contribution in [1.82, 2.24) is 15.5 Å². The molecule has 1 atom stereocenters. The van der Waals surface area contributed by atoms with Crippen LogP contribution >= 0.6 is 12.2 Å². The Morgan fingerprint density at radius 3 is 2.83 bits per heavy atom. The molecule has 5 heteroatoms. The number of rotatable bonds is 5. The smallest absolute Gasteiger partial charge is 0.221 e. The van der Waals surface area contributed by atoms with Crippen molar-refractivity contribution >= 4 is 23.2 Å². The van der Waals surface area contributed by atoms with Gasteiger partial charge in [-0.2, -0.15) is 0 Å². The van der Waals surface area contributed by atoms with Gasteiger partial charge in [-0.15, -0.1) is 0 Å². The third-order valence-corrected chi connectivity index (χ3v) is 3.53. The van der Waals surface area contributed by atoms with Gasteiger partial charge in [0.2, 0.25) is 5.91 Å². The van der Waals surface area contributed by atoms with Gasteiger partial charge >= 0.3 is 0 Å². The third kappa shape index (κ3) is 4.44. The Labute approximate surface area is 115 Å². The first-order valence-electron chi connectivity index (χ1n) is 6.71. The van der Waals surface area contributed by atoms with Crippen molar-refractivity contribution in [2.24, 2.45) is 0 Å². The maximum Gasteiger partial charge on any atom is 0.221 e. The van der Waals surface area contributed by atoms with Crippen LogP contribution in [-0.4, -0.2) is 40.6 Å². The molecule has 104 valence electrons. The fourth-order valence-electron chi connectivity index (χ4n) is 2.36. The molecule has 4 nitrogen and oxygen atoms in total. The lowest BCUT2D eigenvalue weighted by Gasteiger charge is -2.44. The van der Waals surface area contributed by atoms with Crippen LogP contribution in [0.1, 0.15) is 47.0 Å². The highest BCUT2D eigenvalue weighted by atomic mass is 32.1. The van der Waals surface area contributed by atoms with Crippen LogP contribution in [0.15, 0.2) is 0 Å². The van der Waals surface area contributed by atoms with Gasteiger partial charge in [0.15, 0.2) is 5.11 Å². The number of hydrogen-bond donors (Lipinski definition) is 2. The summed E-state index contributed by atoms with van der Waals surface area (Å²) in [4.78, 5) is 13.7. The number of hydrogen-bond acceptors (Lipinski definition) is 2. The second-order valence-electron chi connectivity index (χ2n) is 5.66. The van der Waals surface area contributed by atoms with Gasteiger partial charge in [-0.1, -0.05) is 6.92 Å². The maximum atomic E-state index is 11.6. The van der Waals surface area contributed by atoms with E-state index < -0.39 is 0 Å². The zero-order chi connectivity index (χ0) is 13.8. The molecule has 18 heavy (non-hydrogen) atoms. The number of carbonyl (C=O) groups is 1. The predicted octanol–water partition coefficient (Wildman–Crippen LogP) is 1.65. The quantitative estimate of drug-likeness (QED) is 0.746. The zero-order valence-corrected chi connectivity index (χ0v) is 12.7. The van der Waals surface area contributed by atoms with E-state index in [2.05, 4.69) is 36.3 Å². The SMILES string of the molecule is CCCNC(=O)CCN1C(=S)NC(C)(C)CC1C. The average Bonchev–Trinajstić information content (AvgIpc) is 2.23. The highest BCUT2D eigenvalue weighted by Gasteiger charge is 2.32. The maximum absolute atomic E-state index is 11.6. The molecule has 2 N–H and O–H groups in total. The standard InChI is InChI=1S/C13H25N3OS/c1-5-7-14-11(17)6-8-16-10(2)9-13(3,4)15-12(16)18/h10H,5-9H2,1-4H3,(H,14,17)(H,15,18). The number of carbonyl (C=O) groups excluding carboxylic acids is 1. The summed E-state index contributed by atoms with van der Waals surface area (Å²) in [6.45, 7) is 9.97. The first-order chi connectivity index (χ1) is 8.35. The van der Waals surface area contributed by atoms with Crippen molar-refractivity contribution in [3.8, 4) is 0 Å². The molecule has 0 spiro atoms. The molecule has 1 saturated heterocycles. The Kier molecular flexibility index (Phi) is 5.38. The van der Waals surface area contributed by atoms with E-state index in [0.717, 1.165) is 24.5 Å². The molecule has 0 aromatic heterocycles. The molecule has 1 unspecified atom stereocenters. The fourth-order valence-corrected chi connectivity index (χ4v) is 2.91. The molecule has 1 aliphatic rings. The Balaban J connectivity index is 2.42. The van der Waals surface area contributed by atoms with E-state index in [0.29, 0.717) is 19.0 Å². The second kappa shape index (κ2) is 6.36. The van der Waals surface area contributed by atoms with E-state index in [1.807, 2.05) is 6.92 Å². The lowest BCUT2D eigenvalue weighted by Crippen LogP contribution is -2.60. The zero-order valence-electron chi connectivity index (χ0n) is 11.9. The Hall–Kier alpha value is -0.840. The molecule has 1 heterocycles. The normalized spacial score (nSPS) is 22.6. The molecular formula is C13H25N3OS. The molecule has 1 aliphatic heterocycles. The first kappa shape index (κ1) is 15.2. The van der Waals surface area contributed by atoms with Gasteiger partial charge < -0.3 is 15.5 Å². The van der Waals surface area contributed by atoms with Crippen molar-refractivity contribution in [3.63, 3.8) is 0 Å². The summed E-state index contributed by atoms with van der Waals surface area (Å²) in [5, 5.41) is 6.98. The summed E-state index contributed by atoms with van der Waals surface area (Å²) in [7, 11) is 0. The summed E-state index contributed by atoms with van der Waals surface area (Å²) in [5.74, 6) is 0.108. The molecule has 0 bridgehead atoms. The Morgan fingerprint density at radius 1 is 1.61 bits per heavy atom. The molecule has 1 rings (SSSR count). The van der Waals surface area contributed by atoms with Crippen LogP contribution in [0.25, 0.3) is 0 Å². The molecule has 0 saturated carbocycles. The monoisotopic (exact) mass is 271 g/mol. The topological polar surface area (TPSA) is 44.4 Å². The highest BCUT2D eigenvalue weighted by molar-refractivity contribution is 7.80. The van der Waals surface area contributed by atoms with Crippen molar-refractivity contribution in [1.29, 1.82) is 0 Å². The summed E-state index contributed by atoms with van der Waals surface area (Å²) in [6, 6.07) is 0.382. The first-order valence-corrected chi connectivity index (χ1v) is 7.12. The molecular weight excluding hydrogens is 246 g/mol. The molecule has 0 aromatic rings. The minimum Gasteiger partial charge on any atom is -0.358 e. The molecule has 0 aromatic carbocycles. The number of nitrogens with zero attached hydrogens (tertiary/aromatic N) is 1. The van der Waals surface area contributed by atoms with Crippen LogP contribution < -0.4 is 10.6 Å². The molecule has 1 amide bonds. The van der Waals surface area contributed by atoms with E-state index >= 15 is 0 Å². The van der Waals surface area contributed by atoms with Crippen LogP contribution in [0.4, 0.5) is 0 Å². The second-order valence-corrected chi connectivity index (χ2v) is 6.05. The van der Waals surface area contributed by atoms with E-state index in [1.54, 1.807) is 0 Å². The van der Waals surface area contributed by atoms with E-state index in [4.69, 9.17) is 12.2 Å². The summed E-state index contributed by atoms with van der Waals surface area (Å²) in [5.41, 5.74) is 0.0530. The lowest BCUT2D eigenvalue weighted by atomic mass is 9.93. The molecule has 0 radical (unpaired) electrons. The summed E-state index contributed by atoms with van der Waals surface area (Å²) >= 11 is 5.38. The van der Waals surface area contributed by atoms with Crippen LogP contribution in [0, 0.1) is 0 Å². The number of nitrogens with one attached hydrogen (secondary N) is 2. The van der Waals surface area contributed by atoms with Crippen LogP contribution in [0.3, 0.4) is 0 Å². The van der Waals surface area contributed by atoms with Crippen LogP contribution in [-0.2, 0) is 4.79 Å². The van der Waals surface area contributed by atoms with Gasteiger partial charge in [-0.25, -0.2) is 0 Å². The van der Waals surface area contributed by atoms with Crippen molar-refractivity contribution in [2.75, 3.05) is 13.1 Å². The van der Waals surface area contributed by atoms with Crippen LogP contribution in [0.5, 0.6) is 0 Å². The summed E-state index contributed by atoms with van der Waals surface area (Å²) < 4.78 is 0. The minimum absolute atomic E-state index is 0.0530. The van der Waals surface area contributed by atoms with E-state index in [-0.39, 0.29) is 11.4 Å². The molecule has 1 fully saturated rings. The minimum atomic E-state index is 0.0530. The predicted molar refractivity (Wildman–Crippen MR) is 78.5 cm³/mol. The summed E-state index contributed by atoms with van der Waals surface area (Å²) in [6.07, 6.45) is 2.51. The van der Waals surface area contributed by atoms with Crippen molar-refractivity contribution in [3.05, 3.63) is 0 Å². The van der Waals surface area contributed by atoms with Crippen molar-refractivity contribution in [2.45, 2.75) is 58.5 Å². The van der Waals surface area contributed by atoms with E-state index in [1.165, 1.54) is 0 Å². The van der Waals surface area contributed by atoms with E-state index in [9.17, 15) is 4.79 Å². The van der Waals surface area contributed by atoms with Gasteiger partial charge in [0.25, 0.3) is 0 Å². The van der Waals surface area contributed by atoms with Gasteiger partial charge in [0.1, 0.15) is 0 Å². The highest BCUT2D eigenvalue weighted by Crippen LogP contribution is 2.21. The Bertz CT molecular complexity index is 317. The van der Waals surface area contributed by atoms with Crippen molar-refractivity contribution < 1.29 is 4.79 Å². The van der Waals surface area contributed by atoms with Gasteiger partial charge in [0, 0.05) is 31.1 Å². The van der Waals surface area contributed by atoms with Gasteiger partial charge in [-0.05, 0) is 45.8 Å². The van der Waals surface area contributed by atoms with Crippen LogP contribution in [0.2, 0.25) is 0 Å². The average molecular weight is 271 g/mol. The largest absolute Gasteiger partial charge is 0.358 e.